The SMILES string of the molecule is CCCOc1cc(C)ccc1NC(=O)c1cnc(CC)s1. The molecule has 0 aliphatic carbocycles. The number of hydrogen-bond acceptors (Lipinski definition) is 4. The van der Waals surface area contributed by atoms with Crippen molar-refractivity contribution >= 4 is 22.9 Å². The van der Waals surface area contributed by atoms with Crippen molar-refractivity contribution in [2.75, 3.05) is 11.9 Å². The van der Waals surface area contributed by atoms with E-state index >= 15 is 0 Å². The Morgan fingerprint density at radius 2 is 2.19 bits per heavy atom. The van der Waals surface area contributed by atoms with E-state index in [9.17, 15) is 4.79 Å². The van der Waals surface area contributed by atoms with Crippen LogP contribution in [0, 0.1) is 6.92 Å². The Hall–Kier alpha value is -1.88. The number of ether oxygens (including phenoxy) is 1. The number of carbonyl (C=O) groups is 1. The van der Waals surface area contributed by atoms with Gasteiger partial charge in [-0.25, -0.2) is 4.98 Å². The Kier molecular flexibility index (Phi) is 5.33. The summed E-state index contributed by atoms with van der Waals surface area (Å²) in [6, 6.07) is 5.77. The molecule has 0 atom stereocenters. The van der Waals surface area contributed by atoms with Crippen LogP contribution in [-0.4, -0.2) is 17.5 Å². The molecule has 1 N–H and O–H groups in total. The minimum atomic E-state index is -0.141. The highest BCUT2D eigenvalue weighted by molar-refractivity contribution is 7.13. The number of nitrogens with one attached hydrogen (secondary N) is 1. The van der Waals surface area contributed by atoms with E-state index in [1.54, 1.807) is 6.20 Å². The first-order valence-corrected chi connectivity index (χ1v) is 7.95. The molecule has 0 radical (unpaired) electrons. The van der Waals surface area contributed by atoms with Crippen LogP contribution in [0.25, 0.3) is 0 Å². The van der Waals surface area contributed by atoms with E-state index < -0.39 is 0 Å². The Bertz CT molecular complexity index is 622. The van der Waals surface area contributed by atoms with Gasteiger partial charge in [0.15, 0.2) is 0 Å². The van der Waals surface area contributed by atoms with Crippen LogP contribution in [0.2, 0.25) is 0 Å². The molecule has 4 nitrogen and oxygen atoms in total. The number of carbonyl (C=O) groups excluding carboxylic acids is 1. The number of anilines is 1. The number of thiazole rings is 1. The third-order valence-corrected chi connectivity index (χ3v) is 4.07. The fourth-order valence-electron chi connectivity index (χ4n) is 1.83. The summed E-state index contributed by atoms with van der Waals surface area (Å²) in [5.74, 6) is 0.572. The molecule has 1 aromatic carbocycles. The molecule has 0 spiro atoms. The minimum absolute atomic E-state index is 0.141. The molecule has 0 bridgehead atoms. The first-order chi connectivity index (χ1) is 10.1. The minimum Gasteiger partial charge on any atom is -0.491 e. The van der Waals surface area contributed by atoms with Gasteiger partial charge in [-0.3, -0.25) is 4.79 Å². The van der Waals surface area contributed by atoms with Gasteiger partial charge in [-0.2, -0.15) is 0 Å². The average molecular weight is 304 g/mol. The van der Waals surface area contributed by atoms with Gasteiger partial charge >= 0.3 is 0 Å². The fourth-order valence-corrected chi connectivity index (χ4v) is 2.58. The third kappa shape index (κ3) is 4.04. The zero-order valence-electron chi connectivity index (χ0n) is 12.6. The molecular weight excluding hydrogens is 284 g/mol. The summed E-state index contributed by atoms with van der Waals surface area (Å²) < 4.78 is 5.70. The maximum Gasteiger partial charge on any atom is 0.267 e. The lowest BCUT2D eigenvalue weighted by atomic mass is 10.2. The second-order valence-electron chi connectivity index (χ2n) is 4.77. The molecule has 0 aliphatic rings. The molecule has 0 unspecified atom stereocenters. The molecular formula is C16H20N2O2S. The highest BCUT2D eigenvalue weighted by Gasteiger charge is 2.13. The van der Waals surface area contributed by atoms with Gasteiger partial charge in [0.1, 0.15) is 10.6 Å². The molecule has 2 aromatic rings. The monoisotopic (exact) mass is 304 g/mol. The fraction of sp³-hybridized carbons (Fsp3) is 0.375. The van der Waals surface area contributed by atoms with Crippen molar-refractivity contribution in [3.63, 3.8) is 0 Å². The zero-order valence-corrected chi connectivity index (χ0v) is 13.4. The van der Waals surface area contributed by atoms with Crippen molar-refractivity contribution in [1.82, 2.24) is 4.98 Å². The molecule has 0 fully saturated rings. The molecule has 21 heavy (non-hydrogen) atoms. The summed E-state index contributed by atoms with van der Waals surface area (Å²) in [7, 11) is 0. The van der Waals surface area contributed by atoms with Crippen LogP contribution in [0.3, 0.4) is 0 Å². The van der Waals surface area contributed by atoms with Gasteiger partial charge in [-0.05, 0) is 37.5 Å². The highest BCUT2D eigenvalue weighted by atomic mass is 32.1. The maximum atomic E-state index is 12.3. The largest absolute Gasteiger partial charge is 0.491 e. The first kappa shape index (κ1) is 15.5. The van der Waals surface area contributed by atoms with Gasteiger partial charge in [0.25, 0.3) is 5.91 Å². The number of nitrogens with zero attached hydrogens (tertiary/aromatic N) is 1. The van der Waals surface area contributed by atoms with E-state index in [-0.39, 0.29) is 5.91 Å². The number of rotatable bonds is 6. The van der Waals surface area contributed by atoms with Crippen LogP contribution in [0.1, 0.15) is 40.5 Å². The van der Waals surface area contributed by atoms with Crippen molar-refractivity contribution in [2.45, 2.75) is 33.6 Å². The molecule has 1 heterocycles. The topological polar surface area (TPSA) is 51.2 Å². The normalized spacial score (nSPS) is 10.4. The summed E-state index contributed by atoms with van der Waals surface area (Å²) in [4.78, 5) is 17.1. The second-order valence-corrected chi connectivity index (χ2v) is 5.89. The van der Waals surface area contributed by atoms with Gasteiger partial charge in [0.2, 0.25) is 0 Å². The van der Waals surface area contributed by atoms with Gasteiger partial charge in [-0.15, -0.1) is 11.3 Å². The standard InChI is InChI=1S/C16H20N2O2S/c1-4-8-20-13-9-11(3)6-7-12(13)18-16(19)14-10-17-15(5-2)21-14/h6-7,9-10H,4-5,8H2,1-3H3,(H,18,19). The van der Waals surface area contributed by atoms with Crippen molar-refractivity contribution < 1.29 is 9.53 Å². The van der Waals surface area contributed by atoms with Crippen molar-refractivity contribution in [3.8, 4) is 5.75 Å². The van der Waals surface area contributed by atoms with E-state index in [1.807, 2.05) is 32.0 Å². The van der Waals surface area contributed by atoms with Gasteiger partial charge in [0, 0.05) is 0 Å². The Morgan fingerprint density at radius 1 is 1.38 bits per heavy atom. The van der Waals surface area contributed by atoms with E-state index in [4.69, 9.17) is 4.74 Å². The number of amides is 1. The average Bonchev–Trinajstić information content (AvgIpc) is 2.96. The van der Waals surface area contributed by atoms with Crippen LogP contribution < -0.4 is 10.1 Å². The molecule has 0 saturated carbocycles. The van der Waals surface area contributed by atoms with Crippen LogP contribution in [0.4, 0.5) is 5.69 Å². The Labute approximate surface area is 129 Å². The van der Waals surface area contributed by atoms with Crippen molar-refractivity contribution in [1.29, 1.82) is 0 Å². The number of aromatic nitrogens is 1. The molecule has 2 rings (SSSR count). The predicted molar refractivity (Wildman–Crippen MR) is 86.4 cm³/mol. The zero-order chi connectivity index (χ0) is 15.2. The van der Waals surface area contributed by atoms with Crippen LogP contribution in [-0.2, 0) is 6.42 Å². The van der Waals surface area contributed by atoms with Crippen molar-refractivity contribution in [2.24, 2.45) is 0 Å². The molecule has 0 saturated heterocycles. The first-order valence-electron chi connectivity index (χ1n) is 7.13. The number of benzene rings is 1. The summed E-state index contributed by atoms with van der Waals surface area (Å²) in [5, 5.41) is 3.87. The quantitative estimate of drug-likeness (QED) is 0.875. The molecule has 112 valence electrons. The molecule has 0 aliphatic heterocycles. The van der Waals surface area contributed by atoms with E-state index in [0.717, 1.165) is 23.4 Å². The van der Waals surface area contributed by atoms with Gasteiger partial charge < -0.3 is 10.1 Å². The maximum absolute atomic E-state index is 12.3. The lowest BCUT2D eigenvalue weighted by Crippen LogP contribution is -2.11. The summed E-state index contributed by atoms with van der Waals surface area (Å²) in [5.41, 5.74) is 1.80. The molecule has 1 aromatic heterocycles. The van der Waals surface area contributed by atoms with Crippen LogP contribution in [0.15, 0.2) is 24.4 Å². The van der Waals surface area contributed by atoms with Crippen LogP contribution in [0.5, 0.6) is 5.75 Å². The lowest BCUT2D eigenvalue weighted by Gasteiger charge is -2.12. The predicted octanol–water partition coefficient (Wildman–Crippen LogP) is 4.06. The lowest BCUT2D eigenvalue weighted by molar-refractivity contribution is 0.103. The summed E-state index contributed by atoms with van der Waals surface area (Å²) in [6.07, 6.45) is 3.39. The third-order valence-electron chi connectivity index (χ3n) is 2.93. The highest BCUT2D eigenvalue weighted by Crippen LogP contribution is 2.27. The number of aryl methyl sites for hydroxylation is 2. The molecule has 1 amide bonds. The second kappa shape index (κ2) is 7.22. The van der Waals surface area contributed by atoms with E-state index in [0.29, 0.717) is 22.9 Å². The van der Waals surface area contributed by atoms with Gasteiger partial charge in [-0.1, -0.05) is 19.9 Å². The summed E-state index contributed by atoms with van der Waals surface area (Å²) >= 11 is 1.42. The van der Waals surface area contributed by atoms with Crippen LogP contribution >= 0.6 is 11.3 Å². The van der Waals surface area contributed by atoms with Gasteiger partial charge in [0.05, 0.1) is 23.5 Å². The Morgan fingerprint density at radius 3 is 2.86 bits per heavy atom. The van der Waals surface area contributed by atoms with E-state index in [2.05, 4.69) is 17.2 Å². The molecule has 5 heteroatoms. The summed E-state index contributed by atoms with van der Waals surface area (Å²) in [6.45, 7) is 6.71. The van der Waals surface area contributed by atoms with E-state index in [1.165, 1.54) is 11.3 Å². The number of hydrogen-bond donors (Lipinski definition) is 1. The van der Waals surface area contributed by atoms with Crippen molar-refractivity contribution in [3.05, 3.63) is 39.8 Å². The Balaban J connectivity index is 2.16. The smallest absolute Gasteiger partial charge is 0.267 e.